The van der Waals surface area contributed by atoms with Gasteiger partial charge in [-0.05, 0) is 29.3 Å². The van der Waals surface area contributed by atoms with Crippen LogP contribution in [0.5, 0.6) is 11.5 Å². The van der Waals surface area contributed by atoms with Gasteiger partial charge in [0.25, 0.3) is 0 Å². The Hall–Kier alpha value is -2.65. The molecule has 0 spiro atoms. The van der Waals surface area contributed by atoms with Crippen molar-refractivity contribution in [2.24, 2.45) is 5.41 Å². The lowest BCUT2D eigenvalue weighted by Gasteiger charge is -2.19. The van der Waals surface area contributed by atoms with E-state index in [1.165, 1.54) is 23.9 Å². The molecule has 0 unspecified atom stereocenters. The second-order valence-corrected chi connectivity index (χ2v) is 9.05. The molecule has 156 valence electrons. The van der Waals surface area contributed by atoms with Gasteiger partial charge < -0.3 is 31.1 Å². The van der Waals surface area contributed by atoms with E-state index in [1.807, 2.05) is 6.07 Å². The van der Waals surface area contributed by atoms with E-state index in [2.05, 4.69) is 41.0 Å². The lowest BCUT2D eigenvalue weighted by molar-refractivity contribution is 0.375. The van der Waals surface area contributed by atoms with Gasteiger partial charge in [0, 0.05) is 43.8 Å². The van der Waals surface area contributed by atoms with Gasteiger partial charge in [0.1, 0.15) is 5.52 Å². The number of hydrogen-bond acceptors (Lipinski definition) is 8. The second-order valence-electron chi connectivity index (χ2n) is 8.04. The van der Waals surface area contributed by atoms with Crippen molar-refractivity contribution in [1.29, 1.82) is 0 Å². The Labute approximate surface area is 174 Å². The van der Waals surface area contributed by atoms with Gasteiger partial charge in [-0.1, -0.05) is 20.8 Å². The van der Waals surface area contributed by atoms with Gasteiger partial charge in [-0.2, -0.15) is 0 Å². The number of nitrogens with zero attached hydrogens (tertiary/aromatic N) is 3. The topological polar surface area (TPSA) is 121 Å². The molecule has 0 aliphatic rings. The van der Waals surface area contributed by atoms with Crippen molar-refractivity contribution in [2.75, 3.05) is 31.2 Å². The molecule has 0 saturated heterocycles. The van der Waals surface area contributed by atoms with E-state index in [0.717, 1.165) is 28.7 Å². The van der Waals surface area contributed by atoms with E-state index < -0.39 is 0 Å². The van der Waals surface area contributed by atoms with Crippen molar-refractivity contribution < 1.29 is 10.2 Å². The molecule has 0 atom stereocenters. The zero-order chi connectivity index (χ0) is 21.2. The Morgan fingerprint density at radius 2 is 1.93 bits per heavy atom. The quantitative estimate of drug-likeness (QED) is 0.226. The number of nitrogens with one attached hydrogen (secondary N) is 2. The fraction of sp³-hybridized carbons (Fsp3) is 0.400. The molecule has 2 aromatic heterocycles. The fourth-order valence-electron chi connectivity index (χ4n) is 2.93. The fourth-order valence-corrected chi connectivity index (χ4v) is 4.01. The van der Waals surface area contributed by atoms with E-state index in [0.29, 0.717) is 23.6 Å². The van der Waals surface area contributed by atoms with Gasteiger partial charge in [-0.25, -0.2) is 9.97 Å². The molecule has 8 nitrogen and oxygen atoms in total. The number of imidazole rings is 1. The van der Waals surface area contributed by atoms with Gasteiger partial charge in [-0.15, -0.1) is 0 Å². The molecule has 3 rings (SSSR count). The van der Waals surface area contributed by atoms with Crippen LogP contribution in [0, 0.1) is 5.41 Å². The van der Waals surface area contributed by atoms with Crippen molar-refractivity contribution >= 4 is 34.3 Å². The first kappa shape index (κ1) is 21.1. The maximum Gasteiger partial charge on any atom is 0.174 e. The van der Waals surface area contributed by atoms with E-state index in [9.17, 15) is 10.2 Å². The predicted molar refractivity (Wildman–Crippen MR) is 118 cm³/mol. The minimum Gasteiger partial charge on any atom is -0.504 e. The van der Waals surface area contributed by atoms with Gasteiger partial charge in [-0.3, -0.25) is 0 Å². The first-order valence-corrected chi connectivity index (χ1v) is 10.2. The van der Waals surface area contributed by atoms with Crippen molar-refractivity contribution in [2.45, 2.75) is 37.4 Å². The van der Waals surface area contributed by atoms with Crippen LogP contribution in [0.3, 0.4) is 0 Å². The van der Waals surface area contributed by atoms with E-state index in [4.69, 9.17) is 10.7 Å². The third kappa shape index (κ3) is 4.86. The molecule has 0 aliphatic heterocycles. The summed E-state index contributed by atoms with van der Waals surface area (Å²) in [6.45, 7) is 8.96. The molecule has 6 N–H and O–H groups in total. The second kappa shape index (κ2) is 8.38. The molecule has 29 heavy (non-hydrogen) atoms. The van der Waals surface area contributed by atoms with Gasteiger partial charge in [0.05, 0.1) is 11.2 Å². The minimum absolute atomic E-state index is 0.174. The average molecular weight is 417 g/mol. The normalized spacial score (nSPS) is 11.9. The number of nitrogens with two attached hydrogens (primary N) is 1. The van der Waals surface area contributed by atoms with Gasteiger partial charge >= 0.3 is 0 Å². The maximum absolute atomic E-state index is 9.94. The average Bonchev–Trinajstić information content (AvgIpc) is 2.99. The number of rotatable bonds is 7. The molecule has 0 radical (unpaired) electrons. The summed E-state index contributed by atoms with van der Waals surface area (Å²) in [7, 11) is 1.76. The third-order valence-corrected chi connectivity index (χ3v) is 5.43. The Balaban J connectivity index is 1.95. The molecular formula is C20H28N6O2S. The highest BCUT2D eigenvalue weighted by Gasteiger charge is 2.17. The number of nitrogen functional groups attached to an aromatic ring is 1. The highest BCUT2D eigenvalue weighted by atomic mass is 32.2. The van der Waals surface area contributed by atoms with Crippen LogP contribution < -0.4 is 16.4 Å². The van der Waals surface area contributed by atoms with Crippen LogP contribution >= 0.6 is 11.8 Å². The Morgan fingerprint density at radius 3 is 2.62 bits per heavy atom. The van der Waals surface area contributed by atoms with Gasteiger partial charge in [0.15, 0.2) is 22.5 Å². The van der Waals surface area contributed by atoms with E-state index in [1.54, 1.807) is 13.2 Å². The summed E-state index contributed by atoms with van der Waals surface area (Å²) >= 11 is 1.39. The zero-order valence-electron chi connectivity index (χ0n) is 17.2. The number of hydrogen-bond donors (Lipinski definition) is 5. The Morgan fingerprint density at radius 1 is 1.21 bits per heavy atom. The van der Waals surface area contributed by atoms with Crippen LogP contribution in [0.25, 0.3) is 11.0 Å². The van der Waals surface area contributed by atoms with Crippen LogP contribution in [0.2, 0.25) is 0 Å². The smallest absolute Gasteiger partial charge is 0.174 e. The number of fused-ring (bicyclic) bond motifs is 1. The minimum atomic E-state index is -0.179. The standard InChI is InChI=1S/C20H28N6O2S/c1-20(2,3)11-23-7-8-26-13-5-6-24-18(21)17(13)25-19(26)29-16-10-15(28)14(27)9-12(16)22-4/h5-6,9-10,22-23,27-28H,7-8,11H2,1-4H3,(H2,21,24). The number of aromatic nitrogens is 3. The summed E-state index contributed by atoms with van der Waals surface area (Å²) in [6.07, 6.45) is 1.68. The molecule has 0 fully saturated rings. The number of phenolic OH excluding ortho intramolecular Hbond substituents is 2. The summed E-state index contributed by atoms with van der Waals surface area (Å²) in [5, 5.41) is 27.0. The monoisotopic (exact) mass is 416 g/mol. The maximum atomic E-state index is 9.94. The zero-order valence-corrected chi connectivity index (χ0v) is 18.0. The number of aromatic hydroxyl groups is 2. The Bertz CT molecular complexity index is 1010. The van der Waals surface area contributed by atoms with E-state index in [-0.39, 0.29) is 16.9 Å². The first-order valence-electron chi connectivity index (χ1n) is 9.42. The SMILES string of the molecule is CNc1cc(O)c(O)cc1Sc1nc2c(N)nccc2n1CCNCC(C)(C)C. The largest absolute Gasteiger partial charge is 0.504 e. The highest BCUT2D eigenvalue weighted by Crippen LogP contribution is 2.40. The van der Waals surface area contributed by atoms with Gasteiger partial charge in [0.2, 0.25) is 0 Å². The molecule has 1 aromatic carbocycles. The highest BCUT2D eigenvalue weighted by molar-refractivity contribution is 7.99. The summed E-state index contributed by atoms with van der Waals surface area (Å²) in [4.78, 5) is 9.59. The summed E-state index contributed by atoms with van der Waals surface area (Å²) < 4.78 is 2.09. The molecule has 2 heterocycles. The summed E-state index contributed by atoms with van der Waals surface area (Å²) in [6, 6.07) is 4.92. The molecular weight excluding hydrogens is 388 g/mol. The summed E-state index contributed by atoms with van der Waals surface area (Å²) in [5.74, 6) is 0.0300. The molecule has 9 heteroatoms. The number of anilines is 2. The summed E-state index contributed by atoms with van der Waals surface area (Å²) in [5.41, 5.74) is 8.51. The molecule has 0 amide bonds. The lowest BCUT2D eigenvalue weighted by atomic mass is 9.97. The third-order valence-electron chi connectivity index (χ3n) is 4.38. The number of pyridine rings is 1. The molecule has 0 saturated carbocycles. The number of phenols is 2. The first-order chi connectivity index (χ1) is 13.7. The van der Waals surface area contributed by atoms with Crippen molar-refractivity contribution in [3.8, 4) is 11.5 Å². The Kier molecular flexibility index (Phi) is 6.09. The van der Waals surface area contributed by atoms with Crippen LogP contribution in [0.1, 0.15) is 20.8 Å². The van der Waals surface area contributed by atoms with Crippen LogP contribution in [0.15, 0.2) is 34.4 Å². The van der Waals surface area contributed by atoms with Crippen LogP contribution in [-0.2, 0) is 6.54 Å². The number of benzene rings is 1. The molecule has 3 aromatic rings. The molecule has 0 aliphatic carbocycles. The predicted octanol–water partition coefficient (Wildman–Crippen LogP) is 3.25. The van der Waals surface area contributed by atoms with Crippen molar-refractivity contribution in [1.82, 2.24) is 19.9 Å². The van der Waals surface area contributed by atoms with Crippen molar-refractivity contribution in [3.05, 3.63) is 24.4 Å². The molecule has 0 bridgehead atoms. The lowest BCUT2D eigenvalue weighted by Crippen LogP contribution is -2.29. The van der Waals surface area contributed by atoms with Crippen LogP contribution in [-0.4, -0.2) is 44.9 Å². The van der Waals surface area contributed by atoms with Crippen molar-refractivity contribution in [3.63, 3.8) is 0 Å². The van der Waals surface area contributed by atoms with Crippen LogP contribution in [0.4, 0.5) is 11.5 Å². The van der Waals surface area contributed by atoms with E-state index >= 15 is 0 Å².